The second kappa shape index (κ2) is 7.41. The Morgan fingerprint density at radius 1 is 1.00 bits per heavy atom. The molecule has 0 aromatic carbocycles. The minimum absolute atomic E-state index is 0.0183. The largest absolute Gasteiger partial charge is 0.431 e. The molecule has 3 fully saturated rings. The summed E-state index contributed by atoms with van der Waals surface area (Å²) in [5.41, 5.74) is 0.986. The molecule has 1 aliphatic heterocycles. The first-order chi connectivity index (χ1) is 13.6. The monoisotopic (exact) mass is 400 g/mol. The number of rotatable bonds is 5. The van der Waals surface area contributed by atoms with Gasteiger partial charge >= 0.3 is 5.97 Å². The first-order valence-corrected chi connectivity index (χ1v) is 12.5. The van der Waals surface area contributed by atoms with Crippen molar-refractivity contribution in [1.29, 1.82) is 0 Å². The van der Waals surface area contributed by atoms with Crippen LogP contribution in [0.2, 0.25) is 0 Å². The second-order valence-electron chi connectivity index (χ2n) is 12.2. The van der Waals surface area contributed by atoms with Gasteiger partial charge in [0.2, 0.25) is 0 Å². The molecule has 7 atom stereocenters. The number of esters is 1. The molecule has 164 valence electrons. The van der Waals surface area contributed by atoms with Crippen molar-refractivity contribution in [3.63, 3.8) is 0 Å². The molecule has 3 aliphatic carbocycles. The molecular weight excluding hydrogens is 356 g/mol. The molecule has 4 aliphatic rings. The molecule has 0 spiro atoms. The summed E-state index contributed by atoms with van der Waals surface area (Å²) in [5.74, 6) is 4.98. The zero-order valence-electron chi connectivity index (χ0n) is 19.9. The summed E-state index contributed by atoms with van der Waals surface area (Å²) >= 11 is 0. The van der Waals surface area contributed by atoms with Crippen LogP contribution in [0.5, 0.6) is 0 Å². The lowest BCUT2D eigenvalue weighted by Crippen LogP contribution is -2.55. The first kappa shape index (κ1) is 21.4. The fourth-order valence-corrected chi connectivity index (χ4v) is 8.46. The first-order valence-electron chi connectivity index (χ1n) is 12.5. The Labute approximate surface area is 179 Å². The molecule has 0 N–H and O–H groups in total. The Bertz CT molecular complexity index is 678. The van der Waals surface area contributed by atoms with Crippen molar-refractivity contribution in [3.05, 3.63) is 11.8 Å². The number of hydrogen-bond acceptors (Lipinski definition) is 2. The van der Waals surface area contributed by atoms with E-state index in [0.29, 0.717) is 23.2 Å². The maximum Gasteiger partial charge on any atom is 0.310 e. The molecule has 2 saturated carbocycles. The van der Waals surface area contributed by atoms with Gasteiger partial charge in [0.05, 0.1) is 0 Å². The van der Waals surface area contributed by atoms with E-state index >= 15 is 0 Å². The van der Waals surface area contributed by atoms with Gasteiger partial charge in [-0.05, 0) is 85.0 Å². The molecule has 1 heterocycles. The summed E-state index contributed by atoms with van der Waals surface area (Å²) < 4.78 is 5.76. The molecular formula is C27H44O2. The second-order valence-corrected chi connectivity index (χ2v) is 12.2. The highest BCUT2D eigenvalue weighted by molar-refractivity contribution is 5.72. The quantitative estimate of drug-likeness (QED) is 0.446. The van der Waals surface area contributed by atoms with Gasteiger partial charge in [-0.3, -0.25) is 4.79 Å². The van der Waals surface area contributed by atoms with Crippen LogP contribution >= 0.6 is 0 Å². The van der Waals surface area contributed by atoms with E-state index in [1.165, 1.54) is 44.9 Å². The maximum absolute atomic E-state index is 11.9. The normalized spacial score (nSPS) is 45.1. The molecule has 2 nitrogen and oxygen atoms in total. The van der Waals surface area contributed by atoms with Gasteiger partial charge in [0, 0.05) is 11.8 Å². The van der Waals surface area contributed by atoms with E-state index in [4.69, 9.17) is 4.74 Å². The topological polar surface area (TPSA) is 26.3 Å². The SMILES string of the molecule is CC(C)CCC[C@@H](C)[C@H]1CC[C@@]2(C)[C@@H]3CC=C4OC(=O)CC[C@]4(C)[C@H]3CC[C@]12C. The summed E-state index contributed by atoms with van der Waals surface area (Å²) in [7, 11) is 0. The predicted octanol–water partition coefficient (Wildman–Crippen LogP) is 7.53. The molecule has 0 amide bonds. The number of carbonyl (C=O) groups excluding carboxylic acids is 1. The zero-order chi connectivity index (χ0) is 21.0. The minimum Gasteiger partial charge on any atom is -0.431 e. The van der Waals surface area contributed by atoms with Crippen LogP contribution in [0.1, 0.15) is 106 Å². The molecule has 0 radical (unpaired) electrons. The minimum atomic E-state index is -0.0183. The lowest BCUT2D eigenvalue weighted by Gasteiger charge is -2.62. The highest BCUT2D eigenvalue weighted by atomic mass is 16.5. The van der Waals surface area contributed by atoms with Crippen LogP contribution in [-0.4, -0.2) is 5.97 Å². The van der Waals surface area contributed by atoms with Crippen LogP contribution in [0.25, 0.3) is 0 Å². The smallest absolute Gasteiger partial charge is 0.310 e. The van der Waals surface area contributed by atoms with Gasteiger partial charge in [-0.1, -0.05) is 60.8 Å². The van der Waals surface area contributed by atoms with E-state index in [1.807, 2.05) is 0 Å². The molecule has 0 unspecified atom stereocenters. The third-order valence-corrected chi connectivity index (χ3v) is 10.5. The molecule has 2 heteroatoms. The predicted molar refractivity (Wildman–Crippen MR) is 119 cm³/mol. The molecule has 0 aromatic rings. The fraction of sp³-hybridized carbons (Fsp3) is 0.889. The van der Waals surface area contributed by atoms with Crippen molar-refractivity contribution in [2.75, 3.05) is 0 Å². The Morgan fingerprint density at radius 2 is 1.72 bits per heavy atom. The number of ether oxygens (including phenoxy) is 1. The van der Waals surface area contributed by atoms with Gasteiger partial charge in [0.15, 0.2) is 0 Å². The molecule has 0 bridgehead atoms. The van der Waals surface area contributed by atoms with E-state index in [0.717, 1.165) is 42.3 Å². The highest BCUT2D eigenvalue weighted by Crippen LogP contribution is 2.72. The summed E-state index contributed by atoms with van der Waals surface area (Å²) in [6.07, 6.45) is 14.7. The highest BCUT2D eigenvalue weighted by Gasteiger charge is 2.65. The van der Waals surface area contributed by atoms with E-state index < -0.39 is 0 Å². The van der Waals surface area contributed by atoms with Crippen molar-refractivity contribution >= 4 is 5.97 Å². The van der Waals surface area contributed by atoms with Crippen molar-refractivity contribution in [3.8, 4) is 0 Å². The van der Waals surface area contributed by atoms with Crippen molar-refractivity contribution < 1.29 is 9.53 Å². The van der Waals surface area contributed by atoms with Crippen molar-refractivity contribution in [1.82, 2.24) is 0 Å². The van der Waals surface area contributed by atoms with Crippen molar-refractivity contribution in [2.45, 2.75) is 106 Å². The lowest BCUT2D eigenvalue weighted by molar-refractivity contribution is -0.157. The lowest BCUT2D eigenvalue weighted by atomic mass is 9.43. The van der Waals surface area contributed by atoms with Crippen LogP contribution in [0.4, 0.5) is 0 Å². The Morgan fingerprint density at radius 3 is 2.45 bits per heavy atom. The third-order valence-electron chi connectivity index (χ3n) is 10.5. The van der Waals surface area contributed by atoms with E-state index in [9.17, 15) is 4.79 Å². The van der Waals surface area contributed by atoms with Crippen LogP contribution in [-0.2, 0) is 9.53 Å². The number of hydrogen-bond donors (Lipinski definition) is 0. The third kappa shape index (κ3) is 3.23. The van der Waals surface area contributed by atoms with Gasteiger partial charge in [-0.25, -0.2) is 0 Å². The number of allylic oxidation sites excluding steroid dienone is 2. The summed E-state index contributed by atoms with van der Waals surface area (Å²) in [6, 6.07) is 0. The van der Waals surface area contributed by atoms with Crippen molar-refractivity contribution in [2.24, 2.45) is 45.8 Å². The summed E-state index contributed by atoms with van der Waals surface area (Å²) in [5, 5.41) is 0. The average molecular weight is 401 g/mol. The maximum atomic E-state index is 11.9. The standard InChI is InChI=1S/C27H44O2/c1-18(2)8-7-9-19(3)20-12-16-27(6)22-10-11-23-25(4,15-14-24(28)29-23)21(22)13-17-26(20,27)5/h11,18-22H,7-10,12-17H2,1-6H3/t19-,20-,21+,22-,25-,26-,27+/m1/s1. The molecule has 1 saturated heterocycles. The van der Waals surface area contributed by atoms with Crippen LogP contribution in [0.3, 0.4) is 0 Å². The number of carbonyl (C=O) groups is 1. The fourth-order valence-electron chi connectivity index (χ4n) is 8.46. The van der Waals surface area contributed by atoms with Gasteiger partial charge in [-0.15, -0.1) is 0 Å². The number of fused-ring (bicyclic) bond motifs is 5. The molecule has 4 rings (SSSR count). The average Bonchev–Trinajstić information content (AvgIpc) is 2.93. The van der Waals surface area contributed by atoms with E-state index in [2.05, 4.69) is 47.6 Å². The van der Waals surface area contributed by atoms with E-state index in [-0.39, 0.29) is 11.4 Å². The Kier molecular flexibility index (Phi) is 5.48. The Balaban J connectivity index is 1.56. The molecule has 29 heavy (non-hydrogen) atoms. The van der Waals surface area contributed by atoms with Crippen LogP contribution in [0, 0.1) is 45.8 Å². The summed E-state index contributed by atoms with van der Waals surface area (Å²) in [6.45, 7) is 15.0. The van der Waals surface area contributed by atoms with Crippen LogP contribution in [0.15, 0.2) is 11.8 Å². The molecule has 0 aromatic heterocycles. The van der Waals surface area contributed by atoms with Gasteiger partial charge < -0.3 is 4.74 Å². The van der Waals surface area contributed by atoms with Crippen LogP contribution < -0.4 is 0 Å². The Hall–Kier alpha value is -0.790. The zero-order valence-corrected chi connectivity index (χ0v) is 19.9. The summed E-state index contributed by atoms with van der Waals surface area (Å²) in [4.78, 5) is 11.9. The van der Waals surface area contributed by atoms with Gasteiger partial charge in [0.25, 0.3) is 0 Å². The van der Waals surface area contributed by atoms with Gasteiger partial charge in [0.1, 0.15) is 5.76 Å². The van der Waals surface area contributed by atoms with Gasteiger partial charge in [-0.2, -0.15) is 0 Å². The van der Waals surface area contributed by atoms with E-state index in [1.54, 1.807) is 0 Å².